The molecule has 1 saturated heterocycles. The van der Waals surface area contributed by atoms with Crippen molar-refractivity contribution in [1.29, 1.82) is 0 Å². The van der Waals surface area contributed by atoms with E-state index in [0.29, 0.717) is 18.9 Å². The number of carbonyl (C=O) groups is 2. The summed E-state index contributed by atoms with van der Waals surface area (Å²) in [6.07, 6.45) is 3.89. The topological polar surface area (TPSA) is 61.4 Å². The highest BCUT2D eigenvalue weighted by Gasteiger charge is 2.19. The van der Waals surface area contributed by atoms with Gasteiger partial charge in [-0.3, -0.25) is 9.59 Å². The quantitative estimate of drug-likeness (QED) is 0.736. The van der Waals surface area contributed by atoms with Gasteiger partial charge in [0.05, 0.1) is 6.54 Å². The number of amides is 2. The molecule has 0 spiro atoms. The fourth-order valence-electron chi connectivity index (χ4n) is 2.57. The Labute approximate surface area is 122 Å². The van der Waals surface area contributed by atoms with Crippen LogP contribution in [0.2, 0.25) is 0 Å². The molecule has 1 atom stereocenters. The number of hydrogen-bond acceptors (Lipinski definition) is 3. The smallest absolute Gasteiger partial charge is 0.239 e. The van der Waals surface area contributed by atoms with Crippen LogP contribution in [0.25, 0.3) is 0 Å². The van der Waals surface area contributed by atoms with E-state index < -0.39 is 0 Å². The lowest BCUT2D eigenvalue weighted by molar-refractivity contribution is -0.136. The van der Waals surface area contributed by atoms with E-state index in [1.54, 1.807) is 4.90 Å². The molecule has 1 aliphatic heterocycles. The number of nitrogens with one attached hydrogen (secondary N) is 2. The summed E-state index contributed by atoms with van der Waals surface area (Å²) in [5, 5.41) is 6.19. The van der Waals surface area contributed by atoms with Crippen molar-refractivity contribution >= 4 is 11.8 Å². The molecule has 2 N–H and O–H groups in total. The summed E-state index contributed by atoms with van der Waals surface area (Å²) in [4.78, 5) is 25.5. The maximum atomic E-state index is 12.2. The summed E-state index contributed by atoms with van der Waals surface area (Å²) in [5.74, 6) is 0.627. The van der Waals surface area contributed by atoms with E-state index >= 15 is 0 Å². The second kappa shape index (κ2) is 8.95. The van der Waals surface area contributed by atoms with Crippen molar-refractivity contribution in [1.82, 2.24) is 15.5 Å². The standard InChI is InChI=1S/C15H29N3O2/c1-4-18(11-14(19)17-12(2)3)15(20)8-7-13-6-5-9-16-10-13/h12-13,16H,4-11H2,1-3H3,(H,17,19). The van der Waals surface area contributed by atoms with E-state index in [1.807, 2.05) is 20.8 Å². The van der Waals surface area contributed by atoms with Gasteiger partial charge in [0.1, 0.15) is 0 Å². The van der Waals surface area contributed by atoms with Crippen LogP contribution in [0.15, 0.2) is 0 Å². The number of nitrogens with zero attached hydrogens (tertiary/aromatic N) is 1. The molecule has 1 rings (SSSR count). The van der Waals surface area contributed by atoms with Crippen molar-refractivity contribution in [3.05, 3.63) is 0 Å². The van der Waals surface area contributed by atoms with Crippen LogP contribution in [0.1, 0.15) is 46.5 Å². The first-order chi connectivity index (χ1) is 9.52. The number of rotatable bonds is 7. The first kappa shape index (κ1) is 17.0. The zero-order chi connectivity index (χ0) is 15.0. The third-order valence-electron chi connectivity index (χ3n) is 3.68. The molecule has 2 amide bonds. The fourth-order valence-corrected chi connectivity index (χ4v) is 2.57. The van der Waals surface area contributed by atoms with Gasteiger partial charge in [0.25, 0.3) is 0 Å². The summed E-state index contributed by atoms with van der Waals surface area (Å²) in [6.45, 7) is 8.65. The van der Waals surface area contributed by atoms with Gasteiger partial charge in [0, 0.05) is 19.0 Å². The van der Waals surface area contributed by atoms with E-state index in [1.165, 1.54) is 12.8 Å². The zero-order valence-electron chi connectivity index (χ0n) is 13.1. The number of piperidine rings is 1. The summed E-state index contributed by atoms with van der Waals surface area (Å²) in [7, 11) is 0. The third kappa shape index (κ3) is 6.37. The number of carbonyl (C=O) groups excluding carboxylic acids is 2. The van der Waals surface area contributed by atoms with Gasteiger partial charge < -0.3 is 15.5 Å². The highest BCUT2D eigenvalue weighted by molar-refractivity contribution is 5.84. The molecule has 0 saturated carbocycles. The molecular formula is C15H29N3O2. The van der Waals surface area contributed by atoms with Gasteiger partial charge in [-0.25, -0.2) is 0 Å². The van der Waals surface area contributed by atoms with Crippen molar-refractivity contribution in [2.75, 3.05) is 26.2 Å². The predicted molar refractivity (Wildman–Crippen MR) is 80.4 cm³/mol. The average molecular weight is 283 g/mol. The molecule has 1 fully saturated rings. The molecule has 0 aromatic heterocycles. The molecular weight excluding hydrogens is 254 g/mol. The minimum atomic E-state index is -0.0745. The van der Waals surface area contributed by atoms with Gasteiger partial charge >= 0.3 is 0 Å². The minimum Gasteiger partial charge on any atom is -0.352 e. The van der Waals surface area contributed by atoms with Crippen molar-refractivity contribution in [2.24, 2.45) is 5.92 Å². The number of likely N-dealkylation sites (N-methyl/N-ethyl adjacent to an activating group) is 1. The normalized spacial score (nSPS) is 18.9. The van der Waals surface area contributed by atoms with Gasteiger partial charge in [-0.1, -0.05) is 0 Å². The Morgan fingerprint density at radius 2 is 2.15 bits per heavy atom. The molecule has 0 radical (unpaired) electrons. The Balaban J connectivity index is 2.32. The summed E-state index contributed by atoms with van der Waals surface area (Å²) >= 11 is 0. The SMILES string of the molecule is CCN(CC(=O)NC(C)C)C(=O)CCC1CCCNC1. The van der Waals surface area contributed by atoms with Crippen LogP contribution < -0.4 is 10.6 Å². The van der Waals surface area contributed by atoms with Gasteiger partial charge in [0.15, 0.2) is 0 Å². The molecule has 1 unspecified atom stereocenters. The fraction of sp³-hybridized carbons (Fsp3) is 0.867. The van der Waals surface area contributed by atoms with Gasteiger partial charge in [0.2, 0.25) is 11.8 Å². The van der Waals surface area contributed by atoms with E-state index in [2.05, 4.69) is 10.6 Å². The molecule has 20 heavy (non-hydrogen) atoms. The van der Waals surface area contributed by atoms with Crippen molar-refractivity contribution in [3.8, 4) is 0 Å². The van der Waals surface area contributed by atoms with Crippen LogP contribution >= 0.6 is 0 Å². The van der Waals surface area contributed by atoms with Crippen molar-refractivity contribution in [3.63, 3.8) is 0 Å². The molecule has 0 bridgehead atoms. The molecule has 5 heteroatoms. The van der Waals surface area contributed by atoms with Crippen LogP contribution in [0.3, 0.4) is 0 Å². The molecule has 1 heterocycles. The Morgan fingerprint density at radius 3 is 2.70 bits per heavy atom. The minimum absolute atomic E-state index is 0.0745. The molecule has 0 aromatic rings. The maximum Gasteiger partial charge on any atom is 0.239 e. The van der Waals surface area contributed by atoms with Crippen LogP contribution in [0, 0.1) is 5.92 Å². The maximum absolute atomic E-state index is 12.2. The van der Waals surface area contributed by atoms with E-state index in [4.69, 9.17) is 0 Å². The summed E-state index contributed by atoms with van der Waals surface area (Å²) in [5.41, 5.74) is 0. The van der Waals surface area contributed by atoms with Crippen molar-refractivity contribution in [2.45, 2.75) is 52.5 Å². The van der Waals surface area contributed by atoms with Gasteiger partial charge in [-0.2, -0.15) is 0 Å². The summed E-state index contributed by atoms with van der Waals surface area (Å²) < 4.78 is 0. The van der Waals surface area contributed by atoms with Crippen LogP contribution in [0.4, 0.5) is 0 Å². The monoisotopic (exact) mass is 283 g/mol. The van der Waals surface area contributed by atoms with E-state index in [0.717, 1.165) is 19.5 Å². The van der Waals surface area contributed by atoms with Gasteiger partial charge in [-0.05, 0) is 59.0 Å². The van der Waals surface area contributed by atoms with Crippen LogP contribution in [0.5, 0.6) is 0 Å². The zero-order valence-corrected chi connectivity index (χ0v) is 13.1. The van der Waals surface area contributed by atoms with Crippen LogP contribution in [-0.4, -0.2) is 48.9 Å². The molecule has 0 aromatic carbocycles. The Bertz CT molecular complexity index is 312. The highest BCUT2D eigenvalue weighted by atomic mass is 16.2. The summed E-state index contributed by atoms with van der Waals surface area (Å²) in [6, 6.07) is 0.115. The largest absolute Gasteiger partial charge is 0.352 e. The Hall–Kier alpha value is -1.10. The lowest BCUT2D eigenvalue weighted by Crippen LogP contribution is -2.42. The predicted octanol–water partition coefficient (Wildman–Crippen LogP) is 1.14. The molecule has 116 valence electrons. The highest BCUT2D eigenvalue weighted by Crippen LogP contribution is 2.16. The lowest BCUT2D eigenvalue weighted by atomic mass is 9.94. The molecule has 5 nitrogen and oxygen atoms in total. The first-order valence-corrected chi connectivity index (χ1v) is 7.80. The Kier molecular flexibility index (Phi) is 7.59. The second-order valence-corrected chi connectivity index (χ2v) is 5.88. The van der Waals surface area contributed by atoms with Gasteiger partial charge in [-0.15, -0.1) is 0 Å². The van der Waals surface area contributed by atoms with Crippen molar-refractivity contribution < 1.29 is 9.59 Å². The van der Waals surface area contributed by atoms with E-state index in [-0.39, 0.29) is 24.4 Å². The Morgan fingerprint density at radius 1 is 1.40 bits per heavy atom. The average Bonchev–Trinajstić information content (AvgIpc) is 2.42. The number of hydrogen-bond donors (Lipinski definition) is 2. The lowest BCUT2D eigenvalue weighted by Gasteiger charge is -2.25. The third-order valence-corrected chi connectivity index (χ3v) is 3.68. The second-order valence-electron chi connectivity index (χ2n) is 5.88. The first-order valence-electron chi connectivity index (χ1n) is 7.80. The van der Waals surface area contributed by atoms with E-state index in [9.17, 15) is 9.59 Å². The molecule has 1 aliphatic rings. The van der Waals surface area contributed by atoms with Crippen LogP contribution in [-0.2, 0) is 9.59 Å². The molecule has 0 aliphatic carbocycles.